The van der Waals surface area contributed by atoms with Crippen molar-refractivity contribution in [2.75, 3.05) is 27.2 Å². The molecule has 3 N–H and O–H groups in total. The Bertz CT molecular complexity index is 586. The third-order valence-electron chi connectivity index (χ3n) is 3.31. The summed E-state index contributed by atoms with van der Waals surface area (Å²) in [6, 6.07) is 0. The maximum Gasteiger partial charge on any atom is 0.255 e. The minimum absolute atomic E-state index is 0.00565. The SMILES string of the molecule is C=CC(=Nc1c(C(=O)NCC(C)(C)CO)c[nH]c1C)N(C)C.CCC. The van der Waals surface area contributed by atoms with Gasteiger partial charge in [-0.2, -0.15) is 0 Å². The van der Waals surface area contributed by atoms with Gasteiger partial charge in [0.15, 0.2) is 0 Å². The average molecular weight is 351 g/mol. The van der Waals surface area contributed by atoms with E-state index in [1.165, 1.54) is 6.42 Å². The third-order valence-corrected chi connectivity index (χ3v) is 3.31. The van der Waals surface area contributed by atoms with Crippen molar-refractivity contribution in [1.82, 2.24) is 15.2 Å². The van der Waals surface area contributed by atoms with Crippen molar-refractivity contribution < 1.29 is 9.90 Å². The van der Waals surface area contributed by atoms with E-state index < -0.39 is 0 Å². The van der Waals surface area contributed by atoms with E-state index in [0.29, 0.717) is 23.6 Å². The number of nitrogens with zero attached hydrogens (tertiary/aromatic N) is 2. The van der Waals surface area contributed by atoms with Gasteiger partial charge in [0, 0.05) is 44.6 Å². The highest BCUT2D eigenvalue weighted by atomic mass is 16.3. The summed E-state index contributed by atoms with van der Waals surface area (Å²) < 4.78 is 0. The van der Waals surface area contributed by atoms with Crippen LogP contribution >= 0.6 is 0 Å². The van der Waals surface area contributed by atoms with Crippen LogP contribution in [0, 0.1) is 12.3 Å². The van der Waals surface area contributed by atoms with Crippen LogP contribution in [-0.4, -0.2) is 54.0 Å². The number of aliphatic hydroxyl groups is 1. The molecule has 1 amide bonds. The van der Waals surface area contributed by atoms with E-state index in [2.05, 4.69) is 35.7 Å². The van der Waals surface area contributed by atoms with Crippen LogP contribution in [0.2, 0.25) is 0 Å². The Kier molecular flexibility index (Phi) is 9.82. The van der Waals surface area contributed by atoms with Crippen LogP contribution in [0.1, 0.15) is 50.2 Å². The van der Waals surface area contributed by atoms with Crippen molar-refractivity contribution in [2.45, 2.75) is 41.0 Å². The quantitative estimate of drug-likeness (QED) is 0.544. The molecule has 0 atom stereocenters. The molecule has 0 saturated carbocycles. The van der Waals surface area contributed by atoms with Crippen LogP contribution in [0.3, 0.4) is 0 Å². The number of amidine groups is 1. The molecule has 0 radical (unpaired) electrons. The van der Waals surface area contributed by atoms with Crippen LogP contribution < -0.4 is 5.32 Å². The topological polar surface area (TPSA) is 80.7 Å². The van der Waals surface area contributed by atoms with Crippen LogP contribution in [0.25, 0.3) is 0 Å². The van der Waals surface area contributed by atoms with Crippen molar-refractivity contribution in [3.8, 4) is 0 Å². The first kappa shape index (κ1) is 22.9. The van der Waals surface area contributed by atoms with Gasteiger partial charge in [-0.3, -0.25) is 4.79 Å². The number of carbonyl (C=O) groups is 1. The molecule has 0 fully saturated rings. The first-order valence-electron chi connectivity index (χ1n) is 8.58. The number of H-pyrrole nitrogens is 1. The molecule has 0 aliphatic heterocycles. The van der Waals surface area contributed by atoms with E-state index in [-0.39, 0.29) is 17.9 Å². The second-order valence-corrected chi connectivity index (χ2v) is 6.96. The number of carbonyl (C=O) groups excluding carboxylic acids is 1. The number of aliphatic hydroxyl groups excluding tert-OH is 1. The largest absolute Gasteiger partial charge is 0.396 e. The number of aromatic amines is 1. The molecule has 0 saturated heterocycles. The standard InChI is InChI=1S/C16H26N4O2.C3H8/c1-7-13(20(5)6)19-14-11(2)17-8-12(14)15(22)18-9-16(3,4)10-21;1-3-2/h7-8,17,21H,1,9-10H2,2-6H3,(H,18,22);3H2,1-2H3. The predicted molar refractivity (Wildman–Crippen MR) is 106 cm³/mol. The third kappa shape index (κ3) is 7.56. The molecule has 1 rings (SSSR count). The number of hydrogen-bond donors (Lipinski definition) is 3. The molecule has 0 spiro atoms. The molecule has 1 aromatic heterocycles. The highest BCUT2D eigenvalue weighted by molar-refractivity contribution is 6.02. The van der Waals surface area contributed by atoms with Crippen molar-refractivity contribution in [1.29, 1.82) is 0 Å². The Hall–Kier alpha value is -2.08. The summed E-state index contributed by atoms with van der Waals surface area (Å²) in [4.78, 5) is 21.7. The molecular weight excluding hydrogens is 316 g/mol. The molecule has 0 aliphatic rings. The van der Waals surface area contributed by atoms with Gasteiger partial charge >= 0.3 is 0 Å². The summed E-state index contributed by atoms with van der Waals surface area (Å²) in [5.74, 6) is 0.458. The lowest BCUT2D eigenvalue weighted by molar-refractivity contribution is 0.0912. The maximum absolute atomic E-state index is 12.4. The summed E-state index contributed by atoms with van der Waals surface area (Å²) in [6.45, 7) is 14.0. The zero-order valence-electron chi connectivity index (χ0n) is 16.7. The molecule has 6 heteroatoms. The number of hydrogen-bond acceptors (Lipinski definition) is 3. The summed E-state index contributed by atoms with van der Waals surface area (Å²) in [6.07, 6.45) is 4.54. The Balaban J connectivity index is 0.00000178. The highest BCUT2D eigenvalue weighted by Gasteiger charge is 2.20. The maximum atomic E-state index is 12.4. The summed E-state index contributed by atoms with van der Waals surface area (Å²) >= 11 is 0. The zero-order chi connectivity index (χ0) is 19.6. The zero-order valence-corrected chi connectivity index (χ0v) is 16.7. The molecule has 6 nitrogen and oxygen atoms in total. The molecule has 0 bridgehead atoms. The number of rotatable bonds is 6. The molecule has 1 aromatic rings. The Labute approximate surface area is 152 Å². The lowest BCUT2D eigenvalue weighted by Crippen LogP contribution is -2.36. The van der Waals surface area contributed by atoms with Crippen molar-refractivity contribution in [2.24, 2.45) is 10.4 Å². The summed E-state index contributed by atoms with van der Waals surface area (Å²) in [5.41, 5.74) is 1.53. The number of aliphatic imine (C=N–C) groups is 1. The normalized spacial score (nSPS) is 11.4. The van der Waals surface area contributed by atoms with Gasteiger partial charge in [0.05, 0.1) is 11.3 Å². The lowest BCUT2D eigenvalue weighted by Gasteiger charge is -2.21. The Morgan fingerprint density at radius 2 is 2.00 bits per heavy atom. The molecule has 0 aromatic carbocycles. The smallest absolute Gasteiger partial charge is 0.255 e. The van der Waals surface area contributed by atoms with Crippen LogP contribution in [0.5, 0.6) is 0 Å². The Morgan fingerprint density at radius 3 is 2.44 bits per heavy atom. The second kappa shape index (κ2) is 10.7. The van der Waals surface area contributed by atoms with E-state index in [1.807, 2.05) is 39.8 Å². The molecular formula is C19H34N4O2. The van der Waals surface area contributed by atoms with E-state index in [0.717, 1.165) is 5.69 Å². The van der Waals surface area contributed by atoms with E-state index >= 15 is 0 Å². The van der Waals surface area contributed by atoms with E-state index in [9.17, 15) is 9.90 Å². The number of aromatic nitrogens is 1. The second-order valence-electron chi connectivity index (χ2n) is 6.96. The van der Waals surface area contributed by atoms with Crippen LogP contribution in [0.15, 0.2) is 23.8 Å². The fourth-order valence-corrected chi connectivity index (χ4v) is 1.75. The number of aryl methyl sites for hydroxylation is 1. The Morgan fingerprint density at radius 1 is 1.44 bits per heavy atom. The first-order chi connectivity index (χ1) is 11.6. The van der Waals surface area contributed by atoms with Crippen molar-refractivity contribution in [3.63, 3.8) is 0 Å². The molecule has 142 valence electrons. The summed E-state index contributed by atoms with van der Waals surface area (Å²) in [5, 5.41) is 12.1. The van der Waals surface area contributed by atoms with Crippen LogP contribution in [-0.2, 0) is 0 Å². The average Bonchev–Trinajstić information content (AvgIpc) is 2.91. The minimum Gasteiger partial charge on any atom is -0.396 e. The van der Waals surface area contributed by atoms with Gasteiger partial charge in [-0.25, -0.2) is 4.99 Å². The molecule has 25 heavy (non-hydrogen) atoms. The first-order valence-corrected chi connectivity index (χ1v) is 8.58. The van der Waals surface area contributed by atoms with E-state index in [4.69, 9.17) is 0 Å². The molecule has 0 unspecified atom stereocenters. The fourth-order valence-electron chi connectivity index (χ4n) is 1.75. The molecule has 1 heterocycles. The van der Waals surface area contributed by atoms with E-state index in [1.54, 1.807) is 12.3 Å². The van der Waals surface area contributed by atoms with Gasteiger partial charge in [0.25, 0.3) is 5.91 Å². The van der Waals surface area contributed by atoms with Crippen molar-refractivity contribution in [3.05, 3.63) is 30.1 Å². The molecule has 0 aliphatic carbocycles. The highest BCUT2D eigenvalue weighted by Crippen LogP contribution is 2.24. The number of amides is 1. The predicted octanol–water partition coefficient (Wildman–Crippen LogP) is 3.27. The fraction of sp³-hybridized carbons (Fsp3) is 0.579. The monoisotopic (exact) mass is 350 g/mol. The number of likely N-dealkylation sites (N-methyl/N-ethyl adjacent to an activating group) is 1. The number of nitrogens with one attached hydrogen (secondary N) is 2. The van der Waals surface area contributed by atoms with Gasteiger partial charge in [-0.1, -0.05) is 40.7 Å². The van der Waals surface area contributed by atoms with Gasteiger partial charge in [-0.05, 0) is 13.0 Å². The summed E-state index contributed by atoms with van der Waals surface area (Å²) in [7, 11) is 3.73. The van der Waals surface area contributed by atoms with Crippen LogP contribution in [0.4, 0.5) is 5.69 Å². The van der Waals surface area contributed by atoms with Gasteiger partial charge in [0.1, 0.15) is 5.84 Å². The lowest BCUT2D eigenvalue weighted by atomic mass is 9.95. The van der Waals surface area contributed by atoms with Gasteiger partial charge < -0.3 is 20.3 Å². The van der Waals surface area contributed by atoms with Gasteiger partial charge in [0.2, 0.25) is 0 Å². The van der Waals surface area contributed by atoms with Crippen molar-refractivity contribution >= 4 is 17.4 Å². The van der Waals surface area contributed by atoms with Gasteiger partial charge in [-0.15, -0.1) is 0 Å². The minimum atomic E-state index is -0.361.